The van der Waals surface area contributed by atoms with Gasteiger partial charge in [0.05, 0.1) is 21.6 Å². The Hall–Kier alpha value is -2.30. The van der Waals surface area contributed by atoms with Crippen molar-refractivity contribution in [3.8, 4) is 0 Å². The third kappa shape index (κ3) is 4.65. The average molecular weight is 462 g/mol. The van der Waals surface area contributed by atoms with Gasteiger partial charge in [-0.1, -0.05) is 6.92 Å². The van der Waals surface area contributed by atoms with Crippen LogP contribution < -0.4 is 5.32 Å². The molecule has 3 heterocycles. The molecule has 0 unspecified atom stereocenters. The number of carbonyl (C=O) groups excluding carboxylic acids is 1. The number of thiazole rings is 1. The molecule has 0 aliphatic carbocycles. The van der Waals surface area contributed by atoms with E-state index in [1.165, 1.54) is 11.3 Å². The van der Waals surface area contributed by atoms with Crippen molar-refractivity contribution in [2.75, 3.05) is 18.4 Å². The molecular weight excluding hydrogens is 434 g/mol. The fourth-order valence-electron chi connectivity index (χ4n) is 3.88. The molecule has 166 valence electrons. The Morgan fingerprint density at radius 3 is 2.68 bits per heavy atom. The SMILES string of the molecule is CCCn1c(CCC(=O)Nc2nc(C)cs2)nc2cc(S(=O)(=O)N3CCCC3)ccc21. The molecule has 0 atom stereocenters. The van der Waals surface area contributed by atoms with Crippen LogP contribution in [0.15, 0.2) is 28.5 Å². The van der Waals surface area contributed by atoms with Crippen LogP contribution in [0.25, 0.3) is 11.0 Å². The van der Waals surface area contributed by atoms with Gasteiger partial charge >= 0.3 is 0 Å². The van der Waals surface area contributed by atoms with E-state index >= 15 is 0 Å². The van der Waals surface area contributed by atoms with Gasteiger partial charge in [-0.15, -0.1) is 11.3 Å². The van der Waals surface area contributed by atoms with E-state index in [1.54, 1.807) is 16.4 Å². The summed E-state index contributed by atoms with van der Waals surface area (Å²) < 4.78 is 29.5. The molecular formula is C21H27N5O3S2. The summed E-state index contributed by atoms with van der Waals surface area (Å²) in [6.07, 6.45) is 3.47. The lowest BCUT2D eigenvalue weighted by Crippen LogP contribution is -2.27. The van der Waals surface area contributed by atoms with E-state index in [0.717, 1.165) is 42.8 Å². The number of nitrogens with zero attached hydrogens (tertiary/aromatic N) is 4. The molecule has 1 aromatic carbocycles. The maximum absolute atomic E-state index is 12.9. The molecule has 4 rings (SSSR count). The standard InChI is InChI=1S/C21H27N5O3S2/c1-3-10-26-18-7-6-16(31(28,29)25-11-4-5-12-25)13-17(18)23-19(26)8-9-20(27)24-21-22-15(2)14-30-21/h6-7,13-14H,3-5,8-12H2,1-2H3,(H,22,24,27). The first-order chi connectivity index (χ1) is 14.9. The van der Waals surface area contributed by atoms with Gasteiger partial charge in [-0.25, -0.2) is 18.4 Å². The predicted octanol–water partition coefficient (Wildman–Crippen LogP) is 3.57. The number of rotatable bonds is 8. The van der Waals surface area contributed by atoms with E-state index in [0.29, 0.717) is 30.2 Å². The summed E-state index contributed by atoms with van der Waals surface area (Å²) in [6, 6.07) is 5.17. The van der Waals surface area contributed by atoms with E-state index < -0.39 is 10.0 Å². The van der Waals surface area contributed by atoms with Gasteiger partial charge in [0.25, 0.3) is 0 Å². The zero-order valence-corrected chi connectivity index (χ0v) is 19.4. The Kier molecular flexibility index (Phi) is 6.40. The summed E-state index contributed by atoms with van der Waals surface area (Å²) in [6.45, 7) is 5.88. The number of aromatic nitrogens is 3. The molecule has 0 bridgehead atoms. The third-order valence-corrected chi connectivity index (χ3v) is 8.16. The molecule has 0 spiro atoms. The molecule has 8 nitrogen and oxygen atoms in total. The minimum Gasteiger partial charge on any atom is -0.328 e. The monoisotopic (exact) mass is 461 g/mol. The molecule has 0 radical (unpaired) electrons. The summed E-state index contributed by atoms with van der Waals surface area (Å²) in [5.41, 5.74) is 2.43. The Bertz CT molecular complexity index is 1190. The lowest BCUT2D eigenvalue weighted by Gasteiger charge is -2.15. The van der Waals surface area contributed by atoms with Crippen LogP contribution in [-0.4, -0.2) is 46.3 Å². The molecule has 1 N–H and O–H groups in total. The number of anilines is 1. The first-order valence-corrected chi connectivity index (χ1v) is 12.9. The molecule has 3 aromatic rings. The molecule has 1 fully saturated rings. The van der Waals surface area contributed by atoms with Gasteiger partial charge in [0, 0.05) is 37.9 Å². The van der Waals surface area contributed by atoms with Gasteiger partial charge in [0.2, 0.25) is 15.9 Å². The molecule has 1 amide bonds. The largest absolute Gasteiger partial charge is 0.328 e. The molecule has 1 aliphatic heterocycles. The van der Waals surface area contributed by atoms with Crippen LogP contribution in [0.4, 0.5) is 5.13 Å². The van der Waals surface area contributed by atoms with Crippen LogP contribution in [0.5, 0.6) is 0 Å². The van der Waals surface area contributed by atoms with Crippen molar-refractivity contribution in [2.45, 2.75) is 57.4 Å². The Balaban J connectivity index is 1.56. The van der Waals surface area contributed by atoms with Crippen molar-refractivity contribution < 1.29 is 13.2 Å². The number of imidazole rings is 1. The molecule has 10 heteroatoms. The van der Waals surface area contributed by atoms with E-state index in [-0.39, 0.29) is 17.2 Å². The third-order valence-electron chi connectivity index (χ3n) is 5.39. The van der Waals surface area contributed by atoms with Crippen LogP contribution in [0.2, 0.25) is 0 Å². The van der Waals surface area contributed by atoms with Gasteiger partial charge < -0.3 is 9.88 Å². The Morgan fingerprint density at radius 1 is 1.23 bits per heavy atom. The lowest BCUT2D eigenvalue weighted by molar-refractivity contribution is -0.116. The number of sulfonamides is 1. The van der Waals surface area contributed by atoms with E-state index in [2.05, 4.69) is 21.8 Å². The highest BCUT2D eigenvalue weighted by Crippen LogP contribution is 2.26. The number of amides is 1. The number of hydrogen-bond donors (Lipinski definition) is 1. The summed E-state index contributed by atoms with van der Waals surface area (Å²) in [7, 11) is -3.49. The van der Waals surface area contributed by atoms with Gasteiger partial charge in [-0.05, 0) is 44.4 Å². The summed E-state index contributed by atoms with van der Waals surface area (Å²) in [4.78, 5) is 21.6. The van der Waals surface area contributed by atoms with Gasteiger partial charge in [0.1, 0.15) is 5.82 Å². The zero-order chi connectivity index (χ0) is 22.0. The Morgan fingerprint density at radius 2 is 2.00 bits per heavy atom. The van der Waals surface area contributed by atoms with Gasteiger partial charge in [-0.2, -0.15) is 4.31 Å². The predicted molar refractivity (Wildman–Crippen MR) is 122 cm³/mol. The quantitative estimate of drug-likeness (QED) is 0.553. The number of fused-ring (bicyclic) bond motifs is 1. The van der Waals surface area contributed by atoms with Crippen molar-refractivity contribution >= 4 is 43.4 Å². The highest BCUT2D eigenvalue weighted by molar-refractivity contribution is 7.89. The second-order valence-electron chi connectivity index (χ2n) is 7.78. The minimum absolute atomic E-state index is 0.109. The van der Waals surface area contributed by atoms with Crippen molar-refractivity contribution in [1.29, 1.82) is 0 Å². The maximum Gasteiger partial charge on any atom is 0.243 e. The fraction of sp³-hybridized carbons (Fsp3) is 0.476. The van der Waals surface area contributed by atoms with E-state index in [4.69, 9.17) is 4.98 Å². The molecule has 2 aromatic heterocycles. The van der Waals surface area contributed by atoms with Crippen LogP contribution in [0.1, 0.15) is 44.1 Å². The number of aryl methyl sites for hydroxylation is 3. The normalized spacial score (nSPS) is 15.0. The summed E-state index contributed by atoms with van der Waals surface area (Å²) >= 11 is 1.40. The first-order valence-electron chi connectivity index (χ1n) is 10.6. The van der Waals surface area contributed by atoms with Gasteiger partial charge in [0.15, 0.2) is 5.13 Å². The second-order valence-corrected chi connectivity index (χ2v) is 10.6. The van der Waals surface area contributed by atoms with Crippen LogP contribution in [-0.2, 0) is 27.8 Å². The molecule has 1 aliphatic rings. The highest BCUT2D eigenvalue weighted by atomic mass is 32.2. The van der Waals surface area contributed by atoms with Crippen molar-refractivity contribution in [1.82, 2.24) is 18.8 Å². The van der Waals surface area contributed by atoms with Crippen molar-refractivity contribution in [3.63, 3.8) is 0 Å². The summed E-state index contributed by atoms with van der Waals surface area (Å²) in [5.74, 6) is 0.680. The van der Waals surface area contributed by atoms with Crippen LogP contribution >= 0.6 is 11.3 Å². The Labute approximate surface area is 186 Å². The number of hydrogen-bond acceptors (Lipinski definition) is 6. The molecule has 31 heavy (non-hydrogen) atoms. The lowest BCUT2D eigenvalue weighted by atomic mass is 10.2. The number of carbonyl (C=O) groups is 1. The maximum atomic E-state index is 12.9. The topological polar surface area (TPSA) is 97.2 Å². The van der Waals surface area contributed by atoms with Crippen molar-refractivity contribution in [3.05, 3.63) is 35.1 Å². The average Bonchev–Trinajstić information content (AvgIpc) is 3.47. The number of benzene rings is 1. The smallest absolute Gasteiger partial charge is 0.243 e. The molecule has 0 saturated carbocycles. The van der Waals surface area contributed by atoms with E-state index in [1.807, 2.05) is 18.4 Å². The second kappa shape index (κ2) is 9.05. The van der Waals surface area contributed by atoms with Crippen LogP contribution in [0.3, 0.4) is 0 Å². The van der Waals surface area contributed by atoms with Gasteiger partial charge in [-0.3, -0.25) is 4.79 Å². The zero-order valence-electron chi connectivity index (χ0n) is 17.8. The summed E-state index contributed by atoms with van der Waals surface area (Å²) in [5, 5.41) is 5.32. The van der Waals surface area contributed by atoms with Crippen molar-refractivity contribution in [2.24, 2.45) is 0 Å². The molecule has 1 saturated heterocycles. The fourth-order valence-corrected chi connectivity index (χ4v) is 6.12. The number of nitrogens with one attached hydrogen (secondary N) is 1. The highest BCUT2D eigenvalue weighted by Gasteiger charge is 2.27. The minimum atomic E-state index is -3.49. The van der Waals surface area contributed by atoms with Crippen LogP contribution in [0, 0.1) is 6.92 Å². The van der Waals surface area contributed by atoms with E-state index in [9.17, 15) is 13.2 Å². The first kappa shape index (κ1) is 21.9.